The van der Waals surface area contributed by atoms with Crippen molar-refractivity contribution >= 4 is 27.8 Å². The van der Waals surface area contributed by atoms with E-state index in [0.717, 1.165) is 38.9 Å². The maximum absolute atomic E-state index is 9.33. The number of rotatable bonds is 7. The van der Waals surface area contributed by atoms with Crippen LogP contribution in [0.5, 0.6) is 0 Å². The number of nitrogen functional groups attached to an aromatic ring is 1. The van der Waals surface area contributed by atoms with Crippen LogP contribution in [0.25, 0.3) is 33.1 Å². The summed E-state index contributed by atoms with van der Waals surface area (Å²) in [6.45, 7) is 7.87. The maximum atomic E-state index is 9.33. The molecule has 34 heavy (non-hydrogen) atoms. The van der Waals surface area contributed by atoms with Gasteiger partial charge in [-0.15, -0.1) is 0 Å². The van der Waals surface area contributed by atoms with E-state index < -0.39 is 5.79 Å². The Morgan fingerprint density at radius 2 is 1.91 bits per heavy atom. The van der Waals surface area contributed by atoms with Crippen molar-refractivity contribution in [3.63, 3.8) is 0 Å². The average Bonchev–Trinajstić information content (AvgIpc) is 3.37. The number of anilines is 1. The molecule has 1 fully saturated rings. The van der Waals surface area contributed by atoms with Crippen LogP contribution >= 0.6 is 0 Å². The van der Waals surface area contributed by atoms with Crippen LogP contribution in [0.4, 0.5) is 5.82 Å². The lowest BCUT2D eigenvalue weighted by atomic mass is 10.0. The number of aliphatic hydroxyl groups excluding tert-OH is 1. The number of pyridine rings is 1. The second-order valence-corrected chi connectivity index (χ2v) is 9.01. The fourth-order valence-corrected chi connectivity index (χ4v) is 4.50. The Morgan fingerprint density at radius 3 is 2.59 bits per heavy atom. The zero-order valence-electron chi connectivity index (χ0n) is 19.7. The van der Waals surface area contributed by atoms with Crippen molar-refractivity contribution in [2.24, 2.45) is 0 Å². The first-order chi connectivity index (χ1) is 16.4. The summed E-state index contributed by atoms with van der Waals surface area (Å²) in [6, 6.07) is 14.0. The summed E-state index contributed by atoms with van der Waals surface area (Å²) in [7, 11) is 0. The highest BCUT2D eigenvalue weighted by Crippen LogP contribution is 2.33. The third-order valence-electron chi connectivity index (χ3n) is 6.14. The minimum absolute atomic E-state index is 0.0229. The van der Waals surface area contributed by atoms with Crippen LogP contribution in [0.2, 0.25) is 0 Å². The number of imidazole rings is 1. The van der Waals surface area contributed by atoms with Gasteiger partial charge < -0.3 is 29.6 Å². The van der Waals surface area contributed by atoms with Crippen LogP contribution in [0.1, 0.15) is 32.2 Å². The number of hydrogen-bond donors (Lipinski definition) is 2. The van der Waals surface area contributed by atoms with Crippen molar-refractivity contribution in [1.82, 2.24) is 14.5 Å². The molecule has 1 unspecified atom stereocenters. The van der Waals surface area contributed by atoms with Gasteiger partial charge in [-0.25, -0.2) is 9.97 Å². The first-order valence-corrected chi connectivity index (χ1v) is 11.6. The highest BCUT2D eigenvalue weighted by molar-refractivity contribution is 6.07. The lowest BCUT2D eigenvalue weighted by Crippen LogP contribution is -2.25. The Balaban J connectivity index is 1.63. The second-order valence-electron chi connectivity index (χ2n) is 9.01. The van der Waals surface area contributed by atoms with E-state index in [1.807, 2.05) is 51.1 Å². The molecule has 1 aliphatic rings. The average molecular weight is 463 g/mol. The molecular weight excluding hydrogens is 432 g/mol. The Hall–Kier alpha value is -3.04. The van der Waals surface area contributed by atoms with Crippen molar-refractivity contribution < 1.29 is 19.3 Å². The van der Waals surface area contributed by atoms with Gasteiger partial charge in [0.1, 0.15) is 24.1 Å². The molecule has 2 aromatic carbocycles. The number of benzene rings is 2. The van der Waals surface area contributed by atoms with E-state index in [4.69, 9.17) is 24.9 Å². The molecule has 5 rings (SSSR count). The molecule has 0 saturated carbocycles. The summed E-state index contributed by atoms with van der Waals surface area (Å²) in [5.74, 6) is 0.565. The van der Waals surface area contributed by atoms with Crippen LogP contribution in [0, 0.1) is 0 Å². The Morgan fingerprint density at radius 1 is 1.15 bits per heavy atom. The smallest absolute Gasteiger partial charge is 0.163 e. The monoisotopic (exact) mass is 462 g/mol. The van der Waals surface area contributed by atoms with Crippen LogP contribution in [0.15, 0.2) is 42.5 Å². The summed E-state index contributed by atoms with van der Waals surface area (Å²) >= 11 is 0. The van der Waals surface area contributed by atoms with Crippen LogP contribution < -0.4 is 5.73 Å². The third kappa shape index (κ3) is 4.25. The highest BCUT2D eigenvalue weighted by atomic mass is 16.7. The first-order valence-electron chi connectivity index (χ1n) is 11.6. The predicted molar refractivity (Wildman–Crippen MR) is 131 cm³/mol. The highest BCUT2D eigenvalue weighted by Gasteiger charge is 2.33. The van der Waals surface area contributed by atoms with Gasteiger partial charge in [0, 0.05) is 12.0 Å². The van der Waals surface area contributed by atoms with E-state index >= 15 is 0 Å². The maximum Gasteiger partial charge on any atom is 0.163 e. The van der Waals surface area contributed by atoms with Gasteiger partial charge in [-0.05, 0) is 43.5 Å². The summed E-state index contributed by atoms with van der Waals surface area (Å²) in [4.78, 5) is 9.49. The van der Waals surface area contributed by atoms with E-state index in [9.17, 15) is 5.11 Å². The second kappa shape index (κ2) is 8.96. The molecule has 1 aliphatic heterocycles. The molecule has 0 radical (unpaired) electrons. The summed E-state index contributed by atoms with van der Waals surface area (Å²) in [5.41, 5.74) is 11.7. The minimum Gasteiger partial charge on any atom is -0.392 e. The van der Waals surface area contributed by atoms with Crippen molar-refractivity contribution in [2.75, 3.05) is 18.9 Å². The first kappa shape index (κ1) is 22.7. The topological polar surface area (TPSA) is 105 Å². The molecule has 3 N–H and O–H groups in total. The number of hydrogen-bond acceptors (Lipinski definition) is 7. The largest absolute Gasteiger partial charge is 0.392 e. The number of aromatic nitrogens is 3. The molecule has 3 heterocycles. The van der Waals surface area contributed by atoms with E-state index in [1.54, 1.807) is 0 Å². The van der Waals surface area contributed by atoms with Crippen molar-refractivity contribution in [1.29, 1.82) is 0 Å². The molecule has 8 nitrogen and oxygen atoms in total. The van der Waals surface area contributed by atoms with Gasteiger partial charge in [0.05, 0.1) is 30.8 Å². The lowest BCUT2D eigenvalue weighted by molar-refractivity contribution is -0.139. The molecule has 0 aliphatic carbocycles. The van der Waals surface area contributed by atoms with E-state index in [-0.39, 0.29) is 12.7 Å². The lowest BCUT2D eigenvalue weighted by Gasteiger charge is -2.18. The SMILES string of the molecule is CCOCc1nc2c(N)nc3cc(-c4ccc(CO)cc4)ccc3c2n1CC1COC(C)(C)O1. The van der Waals surface area contributed by atoms with E-state index in [0.29, 0.717) is 37.7 Å². The number of nitrogens with zero attached hydrogens (tertiary/aromatic N) is 3. The summed E-state index contributed by atoms with van der Waals surface area (Å²) < 4.78 is 19.7. The minimum atomic E-state index is -0.607. The van der Waals surface area contributed by atoms with Gasteiger partial charge in [-0.1, -0.05) is 36.4 Å². The Bertz CT molecular complexity index is 1330. The van der Waals surface area contributed by atoms with E-state index in [2.05, 4.69) is 21.7 Å². The van der Waals surface area contributed by atoms with Gasteiger partial charge in [-0.3, -0.25) is 0 Å². The normalized spacial score (nSPS) is 17.7. The van der Waals surface area contributed by atoms with E-state index in [1.165, 1.54) is 0 Å². The fourth-order valence-electron chi connectivity index (χ4n) is 4.50. The van der Waals surface area contributed by atoms with Crippen molar-refractivity contribution in [3.05, 3.63) is 53.9 Å². The van der Waals surface area contributed by atoms with Crippen LogP contribution in [-0.2, 0) is 34.0 Å². The van der Waals surface area contributed by atoms with Crippen molar-refractivity contribution in [3.8, 4) is 11.1 Å². The van der Waals surface area contributed by atoms with Gasteiger partial charge in [0.15, 0.2) is 11.6 Å². The van der Waals surface area contributed by atoms with Gasteiger partial charge in [0.2, 0.25) is 0 Å². The third-order valence-corrected chi connectivity index (χ3v) is 6.14. The molecular formula is C26H30N4O4. The molecule has 1 saturated heterocycles. The number of nitrogens with two attached hydrogens (primary N) is 1. The Kier molecular flexibility index (Phi) is 5.99. The number of fused-ring (bicyclic) bond motifs is 3. The number of ether oxygens (including phenoxy) is 3. The predicted octanol–water partition coefficient (Wildman–Crippen LogP) is 4.01. The summed E-state index contributed by atoms with van der Waals surface area (Å²) in [5, 5.41) is 10.3. The zero-order chi connectivity index (χ0) is 23.9. The Labute approximate surface area is 198 Å². The molecule has 0 spiro atoms. The molecule has 4 aromatic rings. The molecule has 0 amide bonds. The standard InChI is InChI=1S/C26H30N4O4/c1-4-32-15-22-29-23-24(30(22)12-19-14-33-26(2,3)34-19)20-10-9-18(11-21(20)28-25(23)27)17-7-5-16(13-31)6-8-17/h5-11,19,31H,4,12-15H2,1-3H3,(H2,27,28). The molecule has 1 atom stereocenters. The van der Waals surface area contributed by atoms with Gasteiger partial charge in [0.25, 0.3) is 0 Å². The fraction of sp³-hybridized carbons (Fsp3) is 0.385. The quantitative estimate of drug-likeness (QED) is 0.427. The van der Waals surface area contributed by atoms with Crippen molar-refractivity contribution in [2.45, 2.75) is 52.4 Å². The van der Waals surface area contributed by atoms with Gasteiger partial charge >= 0.3 is 0 Å². The zero-order valence-corrected chi connectivity index (χ0v) is 19.7. The van der Waals surface area contributed by atoms with Crippen LogP contribution in [0.3, 0.4) is 0 Å². The molecule has 0 bridgehead atoms. The van der Waals surface area contributed by atoms with Crippen LogP contribution in [-0.4, -0.2) is 44.7 Å². The summed E-state index contributed by atoms with van der Waals surface area (Å²) in [6.07, 6.45) is -0.110. The number of aliphatic hydroxyl groups is 1. The van der Waals surface area contributed by atoms with Gasteiger partial charge in [-0.2, -0.15) is 0 Å². The molecule has 2 aromatic heterocycles. The molecule has 8 heteroatoms. The molecule has 178 valence electrons.